The molecule has 1 aliphatic heterocycles. The van der Waals surface area contributed by atoms with E-state index in [-0.39, 0.29) is 6.03 Å². The highest BCUT2D eigenvalue weighted by atomic mass is 16.4. The quantitative estimate of drug-likeness (QED) is 0.538. The lowest BCUT2D eigenvalue weighted by molar-refractivity contribution is -0.159. The molecule has 9 heteroatoms. The van der Waals surface area contributed by atoms with Crippen LogP contribution in [0.1, 0.15) is 18.4 Å². The smallest absolute Gasteiger partial charge is 0.414 e. The number of carboxylic acid groups (broad SMARTS) is 2. The van der Waals surface area contributed by atoms with Crippen LogP contribution in [0.15, 0.2) is 54.9 Å². The monoisotopic (exact) mass is 438 g/mol. The molecule has 0 unspecified atom stereocenters. The summed E-state index contributed by atoms with van der Waals surface area (Å²) < 4.78 is 2.24. The SMILES string of the molecule is Cc1ccccc1NC(=O)N1CCC(Cn2cnc3ccccc32)CC1.O=C(O)C(=O)O. The fraction of sp³-hybridized carbons (Fsp3) is 0.304. The molecule has 0 aliphatic carbocycles. The number of carbonyl (C=O) groups excluding carboxylic acids is 1. The molecule has 3 aromatic rings. The van der Waals surface area contributed by atoms with E-state index in [4.69, 9.17) is 19.8 Å². The van der Waals surface area contributed by atoms with Crippen LogP contribution in [0.3, 0.4) is 0 Å². The first-order valence-electron chi connectivity index (χ1n) is 10.3. The minimum absolute atomic E-state index is 0.00540. The Kier molecular flexibility index (Phi) is 7.43. The maximum absolute atomic E-state index is 12.5. The van der Waals surface area contributed by atoms with E-state index in [1.165, 1.54) is 5.52 Å². The highest BCUT2D eigenvalue weighted by Crippen LogP contribution is 2.23. The second-order valence-corrected chi connectivity index (χ2v) is 7.67. The Bertz CT molecular complexity index is 1090. The van der Waals surface area contributed by atoms with E-state index in [9.17, 15) is 4.79 Å². The van der Waals surface area contributed by atoms with E-state index in [0.717, 1.165) is 49.2 Å². The minimum atomic E-state index is -1.82. The molecule has 1 aliphatic rings. The summed E-state index contributed by atoms with van der Waals surface area (Å²) in [5.74, 6) is -3.07. The lowest BCUT2D eigenvalue weighted by atomic mass is 9.97. The zero-order chi connectivity index (χ0) is 23.1. The van der Waals surface area contributed by atoms with Crippen LogP contribution in [-0.2, 0) is 16.1 Å². The van der Waals surface area contributed by atoms with Gasteiger partial charge in [-0.15, -0.1) is 0 Å². The number of carbonyl (C=O) groups is 3. The summed E-state index contributed by atoms with van der Waals surface area (Å²) in [6.07, 6.45) is 3.98. The summed E-state index contributed by atoms with van der Waals surface area (Å²) >= 11 is 0. The molecule has 4 rings (SSSR count). The molecule has 0 spiro atoms. The van der Waals surface area contributed by atoms with Crippen molar-refractivity contribution in [2.24, 2.45) is 5.92 Å². The van der Waals surface area contributed by atoms with E-state index in [0.29, 0.717) is 5.92 Å². The Morgan fingerprint density at radius 2 is 1.62 bits per heavy atom. The molecule has 1 aromatic heterocycles. The molecule has 1 saturated heterocycles. The fourth-order valence-electron chi connectivity index (χ4n) is 3.66. The van der Waals surface area contributed by atoms with Crippen LogP contribution in [0.25, 0.3) is 11.0 Å². The van der Waals surface area contributed by atoms with Crippen molar-refractivity contribution in [1.29, 1.82) is 0 Å². The van der Waals surface area contributed by atoms with E-state index in [1.807, 2.05) is 54.5 Å². The molecule has 9 nitrogen and oxygen atoms in total. The van der Waals surface area contributed by atoms with Crippen molar-refractivity contribution in [3.8, 4) is 0 Å². The Morgan fingerprint density at radius 1 is 1.00 bits per heavy atom. The number of hydrogen-bond acceptors (Lipinski definition) is 4. The van der Waals surface area contributed by atoms with Gasteiger partial charge in [-0.2, -0.15) is 0 Å². The summed E-state index contributed by atoms with van der Waals surface area (Å²) in [5, 5.41) is 17.8. The van der Waals surface area contributed by atoms with E-state index in [2.05, 4.69) is 27.0 Å². The normalized spacial score (nSPS) is 13.8. The Labute approximate surface area is 185 Å². The number of aromatic nitrogens is 2. The molecule has 32 heavy (non-hydrogen) atoms. The number of likely N-dealkylation sites (tertiary alicyclic amines) is 1. The van der Waals surface area contributed by atoms with Gasteiger partial charge in [0.25, 0.3) is 0 Å². The van der Waals surface area contributed by atoms with Gasteiger partial charge in [-0.05, 0) is 49.4 Å². The molecule has 0 radical (unpaired) electrons. The van der Waals surface area contributed by atoms with Crippen molar-refractivity contribution in [3.05, 3.63) is 60.4 Å². The number of aryl methyl sites for hydroxylation is 1. The summed E-state index contributed by atoms with van der Waals surface area (Å²) in [6, 6.07) is 16.1. The first-order chi connectivity index (χ1) is 15.3. The number of urea groups is 1. The number of carboxylic acids is 2. The molecule has 3 N–H and O–H groups in total. The van der Waals surface area contributed by atoms with Gasteiger partial charge in [0.05, 0.1) is 17.4 Å². The van der Waals surface area contributed by atoms with Gasteiger partial charge in [-0.1, -0.05) is 30.3 Å². The number of rotatable bonds is 3. The van der Waals surface area contributed by atoms with Crippen molar-refractivity contribution >= 4 is 34.7 Å². The number of para-hydroxylation sites is 3. The number of nitrogens with one attached hydrogen (secondary N) is 1. The maximum Gasteiger partial charge on any atom is 0.414 e. The minimum Gasteiger partial charge on any atom is -0.473 e. The number of anilines is 1. The number of nitrogens with zero attached hydrogens (tertiary/aromatic N) is 3. The summed E-state index contributed by atoms with van der Waals surface area (Å²) in [5.41, 5.74) is 4.21. The van der Waals surface area contributed by atoms with Crippen LogP contribution in [0.2, 0.25) is 0 Å². The van der Waals surface area contributed by atoms with Crippen molar-refractivity contribution in [2.75, 3.05) is 18.4 Å². The molecule has 1 fully saturated rings. The fourth-order valence-corrected chi connectivity index (χ4v) is 3.66. The van der Waals surface area contributed by atoms with Crippen LogP contribution in [0, 0.1) is 12.8 Å². The van der Waals surface area contributed by atoms with Crippen molar-refractivity contribution in [2.45, 2.75) is 26.3 Å². The molecule has 168 valence electrons. The van der Waals surface area contributed by atoms with Gasteiger partial charge >= 0.3 is 18.0 Å². The van der Waals surface area contributed by atoms with E-state index >= 15 is 0 Å². The van der Waals surface area contributed by atoms with Gasteiger partial charge in [-0.3, -0.25) is 0 Å². The average Bonchev–Trinajstić information content (AvgIpc) is 3.19. The van der Waals surface area contributed by atoms with Gasteiger partial charge in [0.15, 0.2) is 0 Å². The molecular formula is C23H26N4O5. The summed E-state index contributed by atoms with van der Waals surface area (Å²) in [7, 11) is 0. The Balaban J connectivity index is 0.000000427. The number of piperidine rings is 1. The zero-order valence-corrected chi connectivity index (χ0v) is 17.8. The van der Waals surface area contributed by atoms with Gasteiger partial charge in [0.2, 0.25) is 0 Å². The number of imidazole rings is 1. The van der Waals surface area contributed by atoms with E-state index < -0.39 is 11.9 Å². The highest BCUT2D eigenvalue weighted by molar-refractivity contribution is 6.27. The Morgan fingerprint density at radius 3 is 2.28 bits per heavy atom. The molecule has 0 saturated carbocycles. The van der Waals surface area contributed by atoms with E-state index in [1.54, 1.807) is 0 Å². The van der Waals surface area contributed by atoms with Gasteiger partial charge < -0.3 is 25.0 Å². The molecule has 0 bridgehead atoms. The topological polar surface area (TPSA) is 125 Å². The van der Waals surface area contributed by atoms with Crippen LogP contribution >= 0.6 is 0 Å². The molecule has 2 heterocycles. The Hall–Kier alpha value is -3.88. The summed E-state index contributed by atoms with van der Waals surface area (Å²) in [4.78, 5) is 37.1. The third-order valence-corrected chi connectivity index (χ3v) is 5.45. The van der Waals surface area contributed by atoms with Crippen LogP contribution in [-0.4, -0.2) is 55.7 Å². The standard InChI is InChI=1S/C21H24N4O.C2H2O4/c1-16-6-2-3-7-18(16)23-21(26)24-12-10-17(11-13-24)14-25-15-22-19-8-4-5-9-20(19)25;3-1(4)2(5)6/h2-9,15,17H,10-14H2,1H3,(H,23,26);(H,3,4)(H,5,6). The number of amides is 2. The molecule has 2 amide bonds. The molecule has 0 atom stereocenters. The van der Waals surface area contributed by atoms with Crippen molar-refractivity contribution in [1.82, 2.24) is 14.5 Å². The van der Waals surface area contributed by atoms with Gasteiger partial charge in [0.1, 0.15) is 0 Å². The first-order valence-corrected chi connectivity index (χ1v) is 10.3. The number of benzene rings is 2. The predicted molar refractivity (Wildman–Crippen MR) is 119 cm³/mol. The van der Waals surface area contributed by atoms with Gasteiger partial charge in [-0.25, -0.2) is 19.4 Å². The number of fused-ring (bicyclic) bond motifs is 1. The average molecular weight is 438 g/mol. The van der Waals surface area contributed by atoms with Crippen molar-refractivity contribution < 1.29 is 24.6 Å². The van der Waals surface area contributed by atoms with Crippen LogP contribution in [0.5, 0.6) is 0 Å². The highest BCUT2D eigenvalue weighted by Gasteiger charge is 2.23. The lowest BCUT2D eigenvalue weighted by Crippen LogP contribution is -2.41. The summed E-state index contributed by atoms with van der Waals surface area (Å²) in [6.45, 7) is 4.58. The zero-order valence-electron chi connectivity index (χ0n) is 17.8. The van der Waals surface area contributed by atoms with Crippen molar-refractivity contribution in [3.63, 3.8) is 0 Å². The second kappa shape index (κ2) is 10.4. The van der Waals surface area contributed by atoms with Crippen LogP contribution in [0.4, 0.5) is 10.5 Å². The molecule has 2 aromatic carbocycles. The second-order valence-electron chi connectivity index (χ2n) is 7.67. The molecular weight excluding hydrogens is 412 g/mol. The third-order valence-electron chi connectivity index (χ3n) is 5.45. The number of hydrogen-bond donors (Lipinski definition) is 3. The lowest BCUT2D eigenvalue weighted by Gasteiger charge is -2.32. The largest absolute Gasteiger partial charge is 0.473 e. The maximum atomic E-state index is 12.5. The third kappa shape index (κ3) is 5.84. The predicted octanol–water partition coefficient (Wildman–Crippen LogP) is 3.44. The first kappa shape index (κ1) is 22.8. The number of aliphatic carboxylic acids is 2. The van der Waals surface area contributed by atoms with Crippen LogP contribution < -0.4 is 5.32 Å². The van der Waals surface area contributed by atoms with Gasteiger partial charge in [0, 0.05) is 25.3 Å².